The molecule has 1 heterocycles. The molecule has 1 aliphatic heterocycles. The van der Waals surface area contributed by atoms with E-state index in [1.165, 1.54) is 0 Å². The normalized spacial score (nSPS) is 13.9. The van der Waals surface area contributed by atoms with Crippen molar-refractivity contribution in [3.63, 3.8) is 0 Å². The van der Waals surface area contributed by atoms with Gasteiger partial charge in [0.05, 0.1) is 12.8 Å². The number of methoxy groups -OCH3 is 1. The number of carbonyl (C=O) groups is 1. The number of hydrogen-bond acceptors (Lipinski definition) is 4. The van der Waals surface area contributed by atoms with E-state index in [1.807, 2.05) is 65.6 Å². The van der Waals surface area contributed by atoms with E-state index in [-0.39, 0.29) is 5.91 Å². The lowest BCUT2D eigenvalue weighted by molar-refractivity contribution is -0.126. The molecule has 0 aromatic heterocycles. The van der Waals surface area contributed by atoms with Crippen molar-refractivity contribution in [1.82, 2.24) is 4.90 Å². The third-order valence-corrected chi connectivity index (χ3v) is 6.31. The first-order chi connectivity index (χ1) is 16.5. The topological polar surface area (TPSA) is 42.0 Å². The molecule has 5 nitrogen and oxygen atoms in total. The number of carbonyl (C=O) groups excluding carboxylic acids is 1. The standard InChI is InChI=1S/C27H26Cl2N2O3/c1-33-26-5-3-2-4-25(26)30-14-16-31(17-15-30)27(32)13-8-20-6-11-23(12-7-20)34-19-21-9-10-22(28)18-24(21)29/h2-13,18H,14-17,19H2,1H3/b13-8+. The molecule has 0 spiro atoms. The number of halogens is 2. The minimum atomic E-state index is 0.0115. The zero-order valence-corrected chi connectivity index (χ0v) is 20.4. The van der Waals surface area contributed by atoms with E-state index in [4.69, 9.17) is 32.7 Å². The Morgan fingerprint density at radius 2 is 1.71 bits per heavy atom. The Morgan fingerprint density at radius 3 is 2.41 bits per heavy atom. The summed E-state index contributed by atoms with van der Waals surface area (Å²) in [5.41, 5.74) is 2.86. The zero-order chi connectivity index (χ0) is 23.9. The monoisotopic (exact) mass is 496 g/mol. The molecule has 1 amide bonds. The van der Waals surface area contributed by atoms with Crippen LogP contribution in [0.15, 0.2) is 72.8 Å². The highest BCUT2D eigenvalue weighted by molar-refractivity contribution is 6.35. The van der Waals surface area contributed by atoms with Gasteiger partial charge in [0, 0.05) is 47.9 Å². The van der Waals surface area contributed by atoms with Crippen LogP contribution in [0.2, 0.25) is 10.0 Å². The van der Waals surface area contributed by atoms with Crippen LogP contribution in [0.25, 0.3) is 6.08 Å². The van der Waals surface area contributed by atoms with Crippen molar-refractivity contribution in [3.05, 3.63) is 94.0 Å². The largest absolute Gasteiger partial charge is 0.495 e. The molecule has 1 fully saturated rings. The maximum atomic E-state index is 12.7. The molecule has 4 rings (SSSR count). The summed E-state index contributed by atoms with van der Waals surface area (Å²) < 4.78 is 11.3. The fourth-order valence-corrected chi connectivity index (χ4v) is 4.27. The van der Waals surface area contributed by atoms with Gasteiger partial charge in [0.1, 0.15) is 18.1 Å². The third kappa shape index (κ3) is 6.04. The highest BCUT2D eigenvalue weighted by atomic mass is 35.5. The number of piperazine rings is 1. The minimum Gasteiger partial charge on any atom is -0.495 e. The molecule has 0 bridgehead atoms. The van der Waals surface area contributed by atoms with Crippen LogP contribution in [0.3, 0.4) is 0 Å². The Kier molecular flexibility index (Phi) is 7.99. The van der Waals surface area contributed by atoms with Gasteiger partial charge in [-0.3, -0.25) is 4.79 Å². The predicted octanol–water partition coefficient (Wildman–Crippen LogP) is 5.94. The molecule has 3 aromatic rings. The van der Waals surface area contributed by atoms with E-state index < -0.39 is 0 Å². The van der Waals surface area contributed by atoms with Crippen LogP contribution < -0.4 is 14.4 Å². The number of ether oxygens (including phenoxy) is 2. The second-order valence-electron chi connectivity index (χ2n) is 7.91. The van der Waals surface area contributed by atoms with Crippen LogP contribution in [0, 0.1) is 0 Å². The van der Waals surface area contributed by atoms with Gasteiger partial charge in [0.25, 0.3) is 0 Å². The lowest BCUT2D eigenvalue weighted by atomic mass is 10.2. The molecule has 0 saturated carbocycles. The zero-order valence-electron chi connectivity index (χ0n) is 18.9. The number of amides is 1. The molecular weight excluding hydrogens is 471 g/mol. The average Bonchev–Trinajstić information content (AvgIpc) is 2.87. The highest BCUT2D eigenvalue weighted by Gasteiger charge is 2.21. The highest BCUT2D eigenvalue weighted by Crippen LogP contribution is 2.28. The summed E-state index contributed by atoms with van der Waals surface area (Å²) in [5.74, 6) is 1.59. The fraction of sp³-hybridized carbons (Fsp3) is 0.222. The molecule has 34 heavy (non-hydrogen) atoms. The van der Waals surface area contributed by atoms with E-state index >= 15 is 0 Å². The van der Waals surface area contributed by atoms with Crippen LogP contribution in [-0.4, -0.2) is 44.1 Å². The number of anilines is 1. The lowest BCUT2D eigenvalue weighted by Crippen LogP contribution is -2.48. The Bertz CT molecular complexity index is 1160. The summed E-state index contributed by atoms with van der Waals surface area (Å²) >= 11 is 12.1. The van der Waals surface area contributed by atoms with E-state index in [2.05, 4.69) is 4.90 Å². The van der Waals surface area contributed by atoms with Gasteiger partial charge in [-0.05, 0) is 48.0 Å². The van der Waals surface area contributed by atoms with Crippen molar-refractivity contribution < 1.29 is 14.3 Å². The number of para-hydroxylation sites is 2. The molecule has 7 heteroatoms. The fourth-order valence-electron chi connectivity index (χ4n) is 3.81. The molecule has 176 valence electrons. The van der Waals surface area contributed by atoms with Crippen LogP contribution in [0.1, 0.15) is 11.1 Å². The molecule has 0 N–H and O–H groups in total. The van der Waals surface area contributed by atoms with Crippen molar-refractivity contribution in [1.29, 1.82) is 0 Å². The van der Waals surface area contributed by atoms with Crippen LogP contribution >= 0.6 is 23.2 Å². The summed E-state index contributed by atoms with van der Waals surface area (Å²) in [5, 5.41) is 1.17. The Labute approximate surface area is 210 Å². The number of hydrogen-bond donors (Lipinski definition) is 0. The maximum absolute atomic E-state index is 12.7. The summed E-state index contributed by atoms with van der Waals surface area (Å²) in [6.07, 6.45) is 3.46. The average molecular weight is 497 g/mol. The minimum absolute atomic E-state index is 0.0115. The van der Waals surface area contributed by atoms with Crippen LogP contribution in [-0.2, 0) is 11.4 Å². The molecule has 1 aliphatic rings. The summed E-state index contributed by atoms with van der Waals surface area (Å²) in [6.45, 7) is 3.22. The van der Waals surface area contributed by atoms with Gasteiger partial charge in [-0.2, -0.15) is 0 Å². The van der Waals surface area contributed by atoms with E-state index in [0.29, 0.717) is 29.7 Å². The van der Waals surface area contributed by atoms with Crippen LogP contribution in [0.5, 0.6) is 11.5 Å². The van der Waals surface area contributed by atoms with Crippen molar-refractivity contribution in [2.24, 2.45) is 0 Å². The molecule has 0 radical (unpaired) electrons. The molecule has 0 atom stereocenters. The summed E-state index contributed by atoms with van der Waals surface area (Å²) in [7, 11) is 1.68. The molecule has 0 aliphatic carbocycles. The smallest absolute Gasteiger partial charge is 0.246 e. The maximum Gasteiger partial charge on any atom is 0.246 e. The first-order valence-corrected chi connectivity index (χ1v) is 11.8. The van der Waals surface area contributed by atoms with Gasteiger partial charge >= 0.3 is 0 Å². The second-order valence-corrected chi connectivity index (χ2v) is 8.75. The Balaban J connectivity index is 1.27. The Morgan fingerprint density at radius 1 is 0.971 bits per heavy atom. The number of benzene rings is 3. The van der Waals surface area contributed by atoms with E-state index in [9.17, 15) is 4.79 Å². The van der Waals surface area contributed by atoms with Gasteiger partial charge in [0.15, 0.2) is 0 Å². The first-order valence-electron chi connectivity index (χ1n) is 11.1. The van der Waals surface area contributed by atoms with E-state index in [0.717, 1.165) is 41.4 Å². The molecule has 0 unspecified atom stereocenters. The SMILES string of the molecule is COc1ccccc1N1CCN(C(=O)/C=C/c2ccc(OCc3ccc(Cl)cc3Cl)cc2)CC1. The summed E-state index contributed by atoms with van der Waals surface area (Å²) in [6, 6.07) is 20.9. The molecular formula is C27H26Cl2N2O3. The quantitative estimate of drug-likeness (QED) is 0.379. The van der Waals surface area contributed by atoms with Gasteiger partial charge in [-0.25, -0.2) is 0 Å². The van der Waals surface area contributed by atoms with Crippen LogP contribution in [0.4, 0.5) is 5.69 Å². The Hall–Kier alpha value is -3.15. The molecule has 3 aromatic carbocycles. The lowest BCUT2D eigenvalue weighted by Gasteiger charge is -2.36. The second kappa shape index (κ2) is 11.3. The third-order valence-electron chi connectivity index (χ3n) is 5.73. The van der Waals surface area contributed by atoms with Crippen molar-refractivity contribution in [3.8, 4) is 11.5 Å². The first kappa shape index (κ1) is 24.0. The van der Waals surface area contributed by atoms with E-state index in [1.54, 1.807) is 25.3 Å². The van der Waals surface area contributed by atoms with Crippen molar-refractivity contribution >= 4 is 40.9 Å². The van der Waals surface area contributed by atoms with Gasteiger partial charge in [0.2, 0.25) is 5.91 Å². The van der Waals surface area contributed by atoms with Gasteiger partial charge in [-0.1, -0.05) is 53.5 Å². The van der Waals surface area contributed by atoms with Crippen molar-refractivity contribution in [2.45, 2.75) is 6.61 Å². The number of nitrogens with zero attached hydrogens (tertiary/aromatic N) is 2. The summed E-state index contributed by atoms with van der Waals surface area (Å²) in [4.78, 5) is 16.8. The number of rotatable bonds is 7. The van der Waals surface area contributed by atoms with Crippen molar-refractivity contribution in [2.75, 3.05) is 38.2 Å². The van der Waals surface area contributed by atoms with Gasteiger partial charge in [-0.15, -0.1) is 0 Å². The predicted molar refractivity (Wildman–Crippen MR) is 138 cm³/mol. The molecule has 1 saturated heterocycles. The van der Waals surface area contributed by atoms with Gasteiger partial charge < -0.3 is 19.3 Å².